The van der Waals surface area contributed by atoms with Gasteiger partial charge in [0.2, 0.25) is 0 Å². The zero-order chi connectivity index (χ0) is 14.5. The summed E-state index contributed by atoms with van der Waals surface area (Å²) >= 11 is 0. The Balaban J connectivity index is 2.20. The van der Waals surface area contributed by atoms with E-state index in [1.54, 1.807) is 0 Å². The van der Waals surface area contributed by atoms with Gasteiger partial charge in [-0.25, -0.2) is 0 Å². The molecule has 0 fully saturated rings. The maximum Gasteiger partial charge on any atom is 0.0807 e. The largest absolute Gasteiger partial charge is 0.388 e. The fraction of sp³-hybridized carbons (Fsp3) is 0.333. The lowest BCUT2D eigenvalue weighted by molar-refractivity contribution is 0.174. The van der Waals surface area contributed by atoms with E-state index in [4.69, 9.17) is 0 Å². The van der Waals surface area contributed by atoms with Crippen molar-refractivity contribution >= 4 is 5.69 Å². The number of para-hydroxylation sites is 1. The monoisotopic (exact) mass is 269 g/mol. The zero-order valence-corrected chi connectivity index (χ0v) is 12.5. The van der Waals surface area contributed by atoms with Crippen LogP contribution in [0.3, 0.4) is 0 Å². The molecule has 0 aliphatic heterocycles. The molecule has 2 nitrogen and oxygen atoms in total. The molecular formula is C18H23NO. The van der Waals surface area contributed by atoms with Gasteiger partial charge in [-0.1, -0.05) is 55.0 Å². The van der Waals surface area contributed by atoms with Gasteiger partial charge in [-0.05, 0) is 25.0 Å². The summed E-state index contributed by atoms with van der Waals surface area (Å²) in [6.45, 7) is 4.94. The average Bonchev–Trinajstić information content (AvgIpc) is 2.48. The van der Waals surface area contributed by atoms with Crippen molar-refractivity contribution in [3.05, 3.63) is 65.2 Å². The molecule has 0 spiro atoms. The third kappa shape index (κ3) is 3.40. The van der Waals surface area contributed by atoms with Gasteiger partial charge in [-0.2, -0.15) is 0 Å². The maximum atomic E-state index is 10.1. The number of hydrogen-bond acceptors (Lipinski definition) is 2. The fourth-order valence-electron chi connectivity index (χ4n) is 2.39. The third-order valence-corrected chi connectivity index (χ3v) is 3.63. The van der Waals surface area contributed by atoms with Crippen LogP contribution >= 0.6 is 0 Å². The van der Waals surface area contributed by atoms with Crippen molar-refractivity contribution < 1.29 is 5.11 Å². The summed E-state index contributed by atoms with van der Waals surface area (Å²) < 4.78 is 0. The van der Waals surface area contributed by atoms with Gasteiger partial charge in [-0.15, -0.1) is 0 Å². The van der Waals surface area contributed by atoms with E-state index in [2.05, 4.69) is 49.2 Å². The van der Waals surface area contributed by atoms with E-state index in [0.717, 1.165) is 24.2 Å². The molecule has 0 bridgehead atoms. The Kier molecular flexibility index (Phi) is 4.80. The van der Waals surface area contributed by atoms with Crippen molar-refractivity contribution in [2.24, 2.45) is 0 Å². The molecule has 0 aliphatic carbocycles. The second kappa shape index (κ2) is 6.58. The predicted molar refractivity (Wildman–Crippen MR) is 85.0 cm³/mol. The normalized spacial score (nSPS) is 12.2. The minimum Gasteiger partial charge on any atom is -0.388 e. The number of nitrogens with zero attached hydrogens (tertiary/aromatic N) is 1. The topological polar surface area (TPSA) is 23.5 Å². The summed E-state index contributed by atoms with van der Waals surface area (Å²) in [6, 6.07) is 16.7. The minimum atomic E-state index is -0.397. The lowest BCUT2D eigenvalue weighted by Gasteiger charge is -2.24. The second-order valence-corrected chi connectivity index (χ2v) is 5.32. The summed E-state index contributed by atoms with van der Waals surface area (Å²) in [4.78, 5) is 2.19. The van der Waals surface area contributed by atoms with Crippen LogP contribution in [0.4, 0.5) is 5.69 Å². The smallest absolute Gasteiger partial charge is 0.0807 e. The standard InChI is InChI=1S/C18H23NO/c1-4-18(20)16-7-5-6-8-17(16)19(3)13-15-11-9-14(2)10-12-15/h5-12,18,20H,4,13H2,1-3H3/t18-/m1/s1. The van der Waals surface area contributed by atoms with Crippen molar-refractivity contribution in [3.63, 3.8) is 0 Å². The summed E-state index contributed by atoms with van der Waals surface area (Å²) in [7, 11) is 2.07. The molecule has 0 radical (unpaired) electrons. The Hall–Kier alpha value is -1.80. The lowest BCUT2D eigenvalue weighted by atomic mass is 10.0. The van der Waals surface area contributed by atoms with Crippen molar-refractivity contribution in [2.75, 3.05) is 11.9 Å². The first-order valence-corrected chi connectivity index (χ1v) is 7.15. The highest BCUT2D eigenvalue weighted by atomic mass is 16.3. The molecule has 0 saturated carbocycles. The SMILES string of the molecule is CC[C@@H](O)c1ccccc1N(C)Cc1ccc(C)cc1. The highest BCUT2D eigenvalue weighted by molar-refractivity contribution is 5.54. The average molecular weight is 269 g/mol. The van der Waals surface area contributed by atoms with Crippen molar-refractivity contribution in [2.45, 2.75) is 32.9 Å². The van der Waals surface area contributed by atoms with E-state index in [1.165, 1.54) is 11.1 Å². The van der Waals surface area contributed by atoms with Gasteiger partial charge < -0.3 is 10.0 Å². The first-order valence-electron chi connectivity index (χ1n) is 7.15. The van der Waals surface area contributed by atoms with Gasteiger partial charge >= 0.3 is 0 Å². The molecule has 2 heteroatoms. The molecule has 0 amide bonds. The van der Waals surface area contributed by atoms with Crippen LogP contribution in [0, 0.1) is 6.92 Å². The van der Waals surface area contributed by atoms with Crippen LogP contribution in [0.1, 0.15) is 36.1 Å². The third-order valence-electron chi connectivity index (χ3n) is 3.63. The predicted octanol–water partition coefficient (Wildman–Crippen LogP) is 4.07. The number of aliphatic hydroxyl groups is 1. The Labute approximate surface area is 121 Å². The lowest BCUT2D eigenvalue weighted by Crippen LogP contribution is -2.18. The van der Waals surface area contributed by atoms with Gasteiger partial charge in [0.1, 0.15) is 0 Å². The van der Waals surface area contributed by atoms with Gasteiger partial charge in [-0.3, -0.25) is 0 Å². The Morgan fingerprint density at radius 1 is 1.05 bits per heavy atom. The number of hydrogen-bond donors (Lipinski definition) is 1. The molecule has 20 heavy (non-hydrogen) atoms. The summed E-state index contributed by atoms with van der Waals surface area (Å²) in [5, 5.41) is 10.1. The first-order chi connectivity index (χ1) is 9.61. The van der Waals surface area contributed by atoms with Crippen LogP contribution in [-0.2, 0) is 6.54 Å². The van der Waals surface area contributed by atoms with E-state index in [9.17, 15) is 5.11 Å². The molecule has 1 N–H and O–H groups in total. The minimum absolute atomic E-state index is 0.397. The Morgan fingerprint density at radius 3 is 2.35 bits per heavy atom. The molecule has 1 atom stereocenters. The number of benzene rings is 2. The highest BCUT2D eigenvalue weighted by Crippen LogP contribution is 2.28. The molecule has 2 rings (SSSR count). The summed E-state index contributed by atoms with van der Waals surface area (Å²) in [5.74, 6) is 0. The van der Waals surface area contributed by atoms with E-state index in [1.807, 2.05) is 25.1 Å². The molecule has 0 aliphatic rings. The van der Waals surface area contributed by atoms with Crippen molar-refractivity contribution in [1.82, 2.24) is 0 Å². The summed E-state index contributed by atoms with van der Waals surface area (Å²) in [6.07, 6.45) is 0.335. The highest BCUT2D eigenvalue weighted by Gasteiger charge is 2.13. The van der Waals surface area contributed by atoms with E-state index in [0.29, 0.717) is 0 Å². The maximum absolute atomic E-state index is 10.1. The number of rotatable bonds is 5. The molecule has 0 unspecified atom stereocenters. The zero-order valence-electron chi connectivity index (χ0n) is 12.5. The molecule has 0 saturated heterocycles. The van der Waals surface area contributed by atoms with Crippen LogP contribution in [0.15, 0.2) is 48.5 Å². The molecular weight excluding hydrogens is 246 g/mol. The van der Waals surface area contributed by atoms with Crippen molar-refractivity contribution in [1.29, 1.82) is 0 Å². The Morgan fingerprint density at radius 2 is 1.70 bits per heavy atom. The van der Waals surface area contributed by atoms with Crippen molar-refractivity contribution in [3.8, 4) is 0 Å². The van der Waals surface area contributed by atoms with Gasteiger partial charge in [0.15, 0.2) is 0 Å². The fourth-order valence-corrected chi connectivity index (χ4v) is 2.39. The van der Waals surface area contributed by atoms with Gasteiger partial charge in [0.25, 0.3) is 0 Å². The van der Waals surface area contributed by atoms with Crippen LogP contribution in [0.25, 0.3) is 0 Å². The number of aryl methyl sites for hydroxylation is 1. The summed E-state index contributed by atoms with van der Waals surface area (Å²) in [5.41, 5.74) is 4.66. The molecule has 2 aromatic rings. The van der Waals surface area contributed by atoms with E-state index in [-0.39, 0.29) is 0 Å². The van der Waals surface area contributed by atoms with Gasteiger partial charge in [0.05, 0.1) is 6.10 Å². The molecule has 106 valence electrons. The Bertz CT molecular complexity index is 548. The quantitative estimate of drug-likeness (QED) is 0.884. The molecule has 0 aromatic heterocycles. The van der Waals surface area contributed by atoms with E-state index < -0.39 is 6.10 Å². The number of anilines is 1. The van der Waals surface area contributed by atoms with Crippen LogP contribution in [-0.4, -0.2) is 12.2 Å². The van der Waals surface area contributed by atoms with Crippen LogP contribution in [0.5, 0.6) is 0 Å². The second-order valence-electron chi connectivity index (χ2n) is 5.32. The number of aliphatic hydroxyl groups excluding tert-OH is 1. The van der Waals surface area contributed by atoms with E-state index >= 15 is 0 Å². The first kappa shape index (κ1) is 14.6. The molecule has 2 aromatic carbocycles. The van der Waals surface area contributed by atoms with Gasteiger partial charge in [0, 0.05) is 24.8 Å². The van der Waals surface area contributed by atoms with Crippen LogP contribution in [0.2, 0.25) is 0 Å². The molecule has 0 heterocycles. The van der Waals surface area contributed by atoms with Crippen LogP contribution < -0.4 is 4.90 Å².